The summed E-state index contributed by atoms with van der Waals surface area (Å²) in [4.78, 5) is 4.33. The van der Waals surface area contributed by atoms with Gasteiger partial charge in [-0.25, -0.2) is 0 Å². The van der Waals surface area contributed by atoms with Crippen molar-refractivity contribution in [2.45, 2.75) is 5.33 Å². The molecule has 2 rings (SSSR count). The van der Waals surface area contributed by atoms with Crippen LogP contribution in [0.15, 0.2) is 48.7 Å². The highest BCUT2D eigenvalue weighted by molar-refractivity contribution is 9.08. The average molecular weight is 248 g/mol. The summed E-state index contributed by atoms with van der Waals surface area (Å²) in [6, 6.07) is 14.4. The topological polar surface area (TPSA) is 12.9 Å². The minimum absolute atomic E-state index is 0.808. The second-order valence-electron chi connectivity index (χ2n) is 3.04. The number of hydrogen-bond acceptors (Lipinski definition) is 1. The van der Waals surface area contributed by atoms with Crippen LogP contribution in [0.25, 0.3) is 11.1 Å². The Kier molecular flexibility index (Phi) is 2.94. The molecule has 0 N–H and O–H groups in total. The lowest BCUT2D eigenvalue weighted by Gasteiger charge is -2.01. The third-order valence-corrected chi connectivity index (χ3v) is 2.64. The van der Waals surface area contributed by atoms with E-state index >= 15 is 0 Å². The Balaban J connectivity index is 2.34. The molecule has 0 radical (unpaired) electrons. The fraction of sp³-hybridized carbons (Fsp3) is 0.0833. The van der Waals surface area contributed by atoms with Gasteiger partial charge in [0.25, 0.3) is 0 Å². The quantitative estimate of drug-likeness (QED) is 0.739. The van der Waals surface area contributed by atoms with Crippen LogP contribution in [0, 0.1) is 0 Å². The van der Waals surface area contributed by atoms with Crippen LogP contribution in [-0.4, -0.2) is 4.98 Å². The van der Waals surface area contributed by atoms with Crippen molar-refractivity contribution in [3.63, 3.8) is 0 Å². The molecule has 70 valence electrons. The van der Waals surface area contributed by atoms with E-state index in [1.54, 1.807) is 0 Å². The molecule has 0 spiro atoms. The first-order valence-corrected chi connectivity index (χ1v) is 5.58. The molecule has 0 unspecified atom stereocenters. The molecule has 0 bridgehead atoms. The van der Waals surface area contributed by atoms with Gasteiger partial charge >= 0.3 is 0 Å². The molecule has 1 heterocycles. The van der Waals surface area contributed by atoms with Gasteiger partial charge in [-0.1, -0.05) is 52.3 Å². The Labute approximate surface area is 91.9 Å². The van der Waals surface area contributed by atoms with Crippen molar-refractivity contribution in [2.24, 2.45) is 0 Å². The molecule has 1 nitrogen and oxygen atoms in total. The van der Waals surface area contributed by atoms with Crippen molar-refractivity contribution >= 4 is 15.9 Å². The fourth-order valence-electron chi connectivity index (χ4n) is 1.30. The molecule has 1 aromatic carbocycles. The molecular weight excluding hydrogens is 238 g/mol. The van der Waals surface area contributed by atoms with Crippen LogP contribution in [0.1, 0.15) is 5.69 Å². The Morgan fingerprint density at radius 1 is 0.929 bits per heavy atom. The average Bonchev–Trinajstić information content (AvgIpc) is 2.30. The van der Waals surface area contributed by atoms with Gasteiger partial charge < -0.3 is 0 Å². The van der Waals surface area contributed by atoms with Crippen molar-refractivity contribution in [1.82, 2.24) is 4.98 Å². The van der Waals surface area contributed by atoms with Crippen molar-refractivity contribution < 1.29 is 0 Å². The number of aromatic nitrogens is 1. The molecule has 0 aliphatic heterocycles. The lowest BCUT2D eigenvalue weighted by atomic mass is 10.1. The van der Waals surface area contributed by atoms with E-state index in [1.807, 2.05) is 30.5 Å². The predicted octanol–water partition coefficient (Wildman–Crippen LogP) is 3.64. The van der Waals surface area contributed by atoms with Gasteiger partial charge in [0.2, 0.25) is 0 Å². The van der Waals surface area contributed by atoms with E-state index in [2.05, 4.69) is 39.1 Å². The summed E-state index contributed by atoms with van der Waals surface area (Å²) in [5.41, 5.74) is 3.43. The summed E-state index contributed by atoms with van der Waals surface area (Å²) in [6.07, 6.45) is 1.91. The van der Waals surface area contributed by atoms with Gasteiger partial charge in [-0.15, -0.1) is 0 Å². The third-order valence-electron chi connectivity index (χ3n) is 2.07. The highest BCUT2D eigenvalue weighted by Crippen LogP contribution is 2.17. The highest BCUT2D eigenvalue weighted by Gasteiger charge is 1.96. The minimum atomic E-state index is 0.808. The first kappa shape index (κ1) is 9.41. The molecule has 0 aliphatic carbocycles. The molecule has 0 fully saturated rings. The summed E-state index contributed by atoms with van der Waals surface area (Å²) in [6.45, 7) is 0. The SMILES string of the molecule is BrCc1ccc(-c2ccccc2)cn1. The Hall–Kier alpha value is -1.15. The number of rotatable bonds is 2. The zero-order valence-electron chi connectivity index (χ0n) is 7.65. The second-order valence-corrected chi connectivity index (χ2v) is 3.60. The van der Waals surface area contributed by atoms with Gasteiger partial charge in [-0.05, 0) is 11.6 Å². The first-order valence-electron chi connectivity index (χ1n) is 4.46. The van der Waals surface area contributed by atoms with Crippen molar-refractivity contribution in [3.05, 3.63) is 54.4 Å². The van der Waals surface area contributed by atoms with Gasteiger partial charge in [0.05, 0.1) is 5.69 Å². The van der Waals surface area contributed by atoms with Crippen molar-refractivity contribution in [3.8, 4) is 11.1 Å². The van der Waals surface area contributed by atoms with Gasteiger partial charge in [0, 0.05) is 17.1 Å². The summed E-state index contributed by atoms with van der Waals surface area (Å²) in [5.74, 6) is 0. The lowest BCUT2D eigenvalue weighted by molar-refractivity contribution is 1.19. The molecule has 14 heavy (non-hydrogen) atoms. The van der Waals surface area contributed by atoms with E-state index in [0.29, 0.717) is 0 Å². The van der Waals surface area contributed by atoms with Crippen molar-refractivity contribution in [2.75, 3.05) is 0 Å². The maximum atomic E-state index is 4.33. The van der Waals surface area contributed by atoms with Gasteiger partial charge in [-0.3, -0.25) is 4.98 Å². The molecular formula is C12H10BrN. The monoisotopic (exact) mass is 247 g/mol. The number of nitrogens with zero attached hydrogens (tertiary/aromatic N) is 1. The number of benzene rings is 1. The van der Waals surface area contributed by atoms with Gasteiger partial charge in [-0.2, -0.15) is 0 Å². The van der Waals surface area contributed by atoms with E-state index in [0.717, 1.165) is 16.6 Å². The van der Waals surface area contributed by atoms with E-state index in [-0.39, 0.29) is 0 Å². The molecule has 0 atom stereocenters. The predicted molar refractivity (Wildman–Crippen MR) is 62.3 cm³/mol. The normalized spacial score (nSPS) is 10.1. The first-order chi connectivity index (χ1) is 6.90. The minimum Gasteiger partial charge on any atom is -0.260 e. The van der Waals surface area contributed by atoms with E-state index in [9.17, 15) is 0 Å². The van der Waals surface area contributed by atoms with Crippen LogP contribution >= 0.6 is 15.9 Å². The number of alkyl halides is 1. The third kappa shape index (κ3) is 2.02. The Morgan fingerprint density at radius 2 is 1.71 bits per heavy atom. The van der Waals surface area contributed by atoms with Crippen LogP contribution in [0.3, 0.4) is 0 Å². The van der Waals surface area contributed by atoms with Crippen LogP contribution < -0.4 is 0 Å². The highest BCUT2D eigenvalue weighted by atomic mass is 79.9. The molecule has 0 aliphatic rings. The van der Waals surface area contributed by atoms with Crippen molar-refractivity contribution in [1.29, 1.82) is 0 Å². The van der Waals surface area contributed by atoms with E-state index in [1.165, 1.54) is 5.56 Å². The number of pyridine rings is 1. The maximum Gasteiger partial charge on any atom is 0.0509 e. The molecule has 2 heteroatoms. The van der Waals surface area contributed by atoms with Crippen LogP contribution in [0.4, 0.5) is 0 Å². The summed E-state index contributed by atoms with van der Waals surface area (Å²) >= 11 is 3.38. The van der Waals surface area contributed by atoms with Gasteiger partial charge in [0.1, 0.15) is 0 Å². The molecule has 0 saturated carbocycles. The van der Waals surface area contributed by atoms with Crippen LogP contribution in [0.5, 0.6) is 0 Å². The Bertz CT molecular complexity index is 394. The Morgan fingerprint density at radius 3 is 2.29 bits per heavy atom. The van der Waals surface area contributed by atoms with Crippen LogP contribution in [-0.2, 0) is 5.33 Å². The zero-order valence-corrected chi connectivity index (χ0v) is 9.24. The summed E-state index contributed by atoms with van der Waals surface area (Å²) in [7, 11) is 0. The van der Waals surface area contributed by atoms with Crippen LogP contribution in [0.2, 0.25) is 0 Å². The summed E-state index contributed by atoms with van der Waals surface area (Å²) in [5, 5.41) is 0.808. The zero-order chi connectivity index (χ0) is 9.80. The summed E-state index contributed by atoms with van der Waals surface area (Å²) < 4.78 is 0. The molecule has 1 aromatic heterocycles. The second kappa shape index (κ2) is 4.38. The number of hydrogen-bond donors (Lipinski definition) is 0. The molecule has 2 aromatic rings. The maximum absolute atomic E-state index is 4.33. The largest absolute Gasteiger partial charge is 0.260 e. The lowest BCUT2D eigenvalue weighted by Crippen LogP contribution is -1.84. The standard InChI is InChI=1S/C12H10BrN/c13-8-12-7-6-11(9-14-12)10-4-2-1-3-5-10/h1-7,9H,8H2. The molecule has 0 amide bonds. The number of halogens is 1. The smallest absolute Gasteiger partial charge is 0.0509 e. The van der Waals surface area contributed by atoms with E-state index in [4.69, 9.17) is 0 Å². The van der Waals surface area contributed by atoms with E-state index < -0.39 is 0 Å². The fourth-order valence-corrected chi connectivity index (χ4v) is 1.64. The van der Waals surface area contributed by atoms with Gasteiger partial charge in [0.15, 0.2) is 0 Å². The molecule has 0 saturated heterocycles.